The van der Waals surface area contributed by atoms with E-state index in [9.17, 15) is 8.42 Å². The standard InChI is InChI=1S/C10H20ClNO4S/c1-15-9-7-12(8-10(9)16-2)17(13,14)6-4-3-5-11/h9-10H,3-8H2,1-2H3. The maximum absolute atomic E-state index is 12.0. The molecule has 0 radical (unpaired) electrons. The Morgan fingerprint density at radius 2 is 1.71 bits per heavy atom. The fourth-order valence-corrected chi connectivity index (χ4v) is 3.66. The Hall–Kier alpha value is 0.120. The van der Waals surface area contributed by atoms with E-state index in [4.69, 9.17) is 21.1 Å². The molecule has 5 nitrogen and oxygen atoms in total. The number of hydrogen-bond acceptors (Lipinski definition) is 4. The number of hydrogen-bond donors (Lipinski definition) is 0. The molecule has 1 aliphatic rings. The zero-order valence-corrected chi connectivity index (χ0v) is 11.8. The third-order valence-corrected chi connectivity index (χ3v) is 5.12. The van der Waals surface area contributed by atoms with Crippen LogP contribution >= 0.6 is 11.6 Å². The van der Waals surface area contributed by atoms with Gasteiger partial charge in [0.2, 0.25) is 10.0 Å². The third-order valence-electron chi connectivity index (χ3n) is 2.97. The van der Waals surface area contributed by atoms with Gasteiger partial charge in [0.1, 0.15) is 0 Å². The van der Waals surface area contributed by atoms with E-state index in [1.807, 2.05) is 0 Å². The van der Waals surface area contributed by atoms with Crippen LogP contribution in [0.4, 0.5) is 0 Å². The van der Waals surface area contributed by atoms with Crippen LogP contribution in [0.3, 0.4) is 0 Å². The quantitative estimate of drug-likeness (QED) is 0.510. The average Bonchev–Trinajstić information content (AvgIpc) is 2.73. The topological polar surface area (TPSA) is 55.8 Å². The van der Waals surface area contributed by atoms with Crippen molar-refractivity contribution in [3.8, 4) is 0 Å². The summed E-state index contributed by atoms with van der Waals surface area (Å²) in [6, 6.07) is 0. The summed E-state index contributed by atoms with van der Waals surface area (Å²) in [5.74, 6) is 0.642. The van der Waals surface area contributed by atoms with Crippen LogP contribution in [0.15, 0.2) is 0 Å². The molecule has 1 rings (SSSR count). The molecule has 0 aromatic carbocycles. The van der Waals surface area contributed by atoms with Crippen LogP contribution in [0.25, 0.3) is 0 Å². The molecule has 0 amide bonds. The van der Waals surface area contributed by atoms with E-state index in [0.29, 0.717) is 25.4 Å². The highest BCUT2D eigenvalue weighted by Crippen LogP contribution is 2.19. The number of methoxy groups -OCH3 is 2. The first kappa shape index (κ1) is 15.2. The van der Waals surface area contributed by atoms with Gasteiger partial charge in [0.25, 0.3) is 0 Å². The molecular weight excluding hydrogens is 266 g/mol. The largest absolute Gasteiger partial charge is 0.377 e. The van der Waals surface area contributed by atoms with Crippen LogP contribution < -0.4 is 0 Å². The predicted octanol–water partition coefficient (Wildman–Crippen LogP) is 0.681. The Morgan fingerprint density at radius 1 is 1.18 bits per heavy atom. The number of nitrogens with zero attached hydrogens (tertiary/aromatic N) is 1. The van der Waals surface area contributed by atoms with Crippen molar-refractivity contribution < 1.29 is 17.9 Å². The van der Waals surface area contributed by atoms with E-state index in [1.54, 1.807) is 14.2 Å². The molecule has 17 heavy (non-hydrogen) atoms. The van der Waals surface area contributed by atoms with Gasteiger partial charge in [0, 0.05) is 33.2 Å². The SMILES string of the molecule is COC1CN(S(=O)(=O)CCCCCl)CC1OC. The summed E-state index contributed by atoms with van der Waals surface area (Å²) in [5.41, 5.74) is 0. The zero-order valence-electron chi connectivity index (χ0n) is 10.3. The molecule has 1 heterocycles. The molecule has 0 bridgehead atoms. The van der Waals surface area contributed by atoms with Crippen molar-refractivity contribution in [3.63, 3.8) is 0 Å². The smallest absolute Gasteiger partial charge is 0.214 e. The van der Waals surface area contributed by atoms with Crippen LogP contribution in [-0.4, -0.2) is 63.9 Å². The van der Waals surface area contributed by atoms with Crippen molar-refractivity contribution in [2.45, 2.75) is 25.0 Å². The van der Waals surface area contributed by atoms with Gasteiger partial charge >= 0.3 is 0 Å². The first-order chi connectivity index (χ1) is 8.05. The Bertz CT molecular complexity index is 310. The molecule has 0 aromatic heterocycles. The monoisotopic (exact) mass is 285 g/mol. The molecule has 102 valence electrons. The second kappa shape index (κ2) is 6.89. The Morgan fingerprint density at radius 3 is 2.12 bits per heavy atom. The number of alkyl halides is 1. The molecule has 0 N–H and O–H groups in total. The van der Waals surface area contributed by atoms with E-state index in [2.05, 4.69) is 0 Å². The maximum Gasteiger partial charge on any atom is 0.214 e. The van der Waals surface area contributed by atoms with E-state index in [0.717, 1.165) is 6.42 Å². The Labute approximate surface area is 108 Å². The molecule has 7 heteroatoms. The van der Waals surface area contributed by atoms with E-state index in [1.165, 1.54) is 4.31 Å². The summed E-state index contributed by atoms with van der Waals surface area (Å²) in [5, 5.41) is 0. The summed E-state index contributed by atoms with van der Waals surface area (Å²) in [7, 11) is -0.0641. The molecule has 2 atom stereocenters. The lowest BCUT2D eigenvalue weighted by Gasteiger charge is -2.15. The van der Waals surface area contributed by atoms with E-state index < -0.39 is 10.0 Å². The first-order valence-electron chi connectivity index (χ1n) is 5.64. The summed E-state index contributed by atoms with van der Waals surface area (Å²) in [4.78, 5) is 0. The molecular formula is C10H20ClNO4S. The van der Waals surface area contributed by atoms with Crippen molar-refractivity contribution in [3.05, 3.63) is 0 Å². The van der Waals surface area contributed by atoms with Crippen molar-refractivity contribution in [1.29, 1.82) is 0 Å². The molecule has 0 aromatic rings. The highest BCUT2D eigenvalue weighted by molar-refractivity contribution is 7.89. The molecule has 0 aliphatic carbocycles. The van der Waals surface area contributed by atoms with Crippen LogP contribution in [0.1, 0.15) is 12.8 Å². The number of rotatable bonds is 7. The summed E-state index contributed by atoms with van der Waals surface area (Å²) >= 11 is 5.53. The maximum atomic E-state index is 12.0. The second-order valence-electron chi connectivity index (χ2n) is 4.08. The van der Waals surface area contributed by atoms with Crippen LogP contribution in [0, 0.1) is 0 Å². The van der Waals surface area contributed by atoms with Crippen LogP contribution in [-0.2, 0) is 19.5 Å². The van der Waals surface area contributed by atoms with Crippen molar-refractivity contribution in [2.24, 2.45) is 0 Å². The third kappa shape index (κ3) is 4.06. The minimum Gasteiger partial charge on any atom is -0.377 e. The average molecular weight is 286 g/mol. The summed E-state index contributed by atoms with van der Waals surface area (Å²) in [6.07, 6.45) is 0.957. The lowest BCUT2D eigenvalue weighted by atomic mass is 10.3. The van der Waals surface area contributed by atoms with Crippen molar-refractivity contribution in [1.82, 2.24) is 4.31 Å². The zero-order chi connectivity index (χ0) is 12.9. The van der Waals surface area contributed by atoms with Crippen molar-refractivity contribution in [2.75, 3.05) is 38.9 Å². The Kier molecular flexibility index (Phi) is 6.16. The van der Waals surface area contributed by atoms with Crippen LogP contribution in [0.5, 0.6) is 0 Å². The fourth-order valence-electron chi connectivity index (χ4n) is 1.90. The van der Waals surface area contributed by atoms with E-state index >= 15 is 0 Å². The number of sulfonamides is 1. The van der Waals surface area contributed by atoms with Gasteiger partial charge in [-0.1, -0.05) is 0 Å². The van der Waals surface area contributed by atoms with Crippen molar-refractivity contribution >= 4 is 21.6 Å². The highest BCUT2D eigenvalue weighted by Gasteiger charge is 2.38. The number of halogens is 1. The molecule has 1 aliphatic heterocycles. The molecule has 1 fully saturated rings. The van der Waals surface area contributed by atoms with Gasteiger partial charge < -0.3 is 9.47 Å². The van der Waals surface area contributed by atoms with Gasteiger partial charge in [0.15, 0.2) is 0 Å². The first-order valence-corrected chi connectivity index (χ1v) is 7.79. The lowest BCUT2D eigenvalue weighted by Crippen LogP contribution is -2.32. The summed E-state index contributed by atoms with van der Waals surface area (Å²) in [6.45, 7) is 0.746. The molecule has 1 saturated heterocycles. The highest BCUT2D eigenvalue weighted by atomic mass is 35.5. The van der Waals surface area contributed by atoms with Gasteiger partial charge in [-0.2, -0.15) is 4.31 Å². The Balaban J connectivity index is 2.56. The fraction of sp³-hybridized carbons (Fsp3) is 1.00. The molecule has 0 spiro atoms. The predicted molar refractivity (Wildman–Crippen MR) is 66.9 cm³/mol. The summed E-state index contributed by atoms with van der Waals surface area (Å²) < 4.78 is 35.9. The minimum atomic E-state index is -3.20. The molecule has 2 unspecified atom stereocenters. The normalized spacial score (nSPS) is 26.5. The lowest BCUT2D eigenvalue weighted by molar-refractivity contribution is -0.00461. The minimum absolute atomic E-state index is 0.145. The van der Waals surface area contributed by atoms with Gasteiger partial charge in [-0.15, -0.1) is 11.6 Å². The van der Waals surface area contributed by atoms with Gasteiger partial charge in [-0.3, -0.25) is 0 Å². The van der Waals surface area contributed by atoms with Gasteiger partial charge in [-0.25, -0.2) is 8.42 Å². The van der Waals surface area contributed by atoms with Gasteiger partial charge in [-0.05, 0) is 12.8 Å². The van der Waals surface area contributed by atoms with Crippen LogP contribution in [0.2, 0.25) is 0 Å². The van der Waals surface area contributed by atoms with Gasteiger partial charge in [0.05, 0.1) is 18.0 Å². The van der Waals surface area contributed by atoms with E-state index in [-0.39, 0.29) is 18.0 Å². The number of ether oxygens (including phenoxy) is 2. The second-order valence-corrected chi connectivity index (χ2v) is 6.54. The number of unbranched alkanes of at least 4 members (excludes halogenated alkanes) is 1. The molecule has 0 saturated carbocycles.